The highest BCUT2D eigenvalue weighted by molar-refractivity contribution is 9.09. The van der Waals surface area contributed by atoms with Gasteiger partial charge < -0.3 is 4.90 Å². The summed E-state index contributed by atoms with van der Waals surface area (Å²) in [6, 6.07) is 0. The summed E-state index contributed by atoms with van der Waals surface area (Å²) in [5.41, 5.74) is 0. The fraction of sp³-hybridized carbons (Fsp3) is 1.00. The molecule has 13 heavy (non-hydrogen) atoms. The van der Waals surface area contributed by atoms with Gasteiger partial charge in [-0.2, -0.15) is 0 Å². The van der Waals surface area contributed by atoms with Gasteiger partial charge in [-0.3, -0.25) is 0 Å². The van der Waals surface area contributed by atoms with E-state index in [9.17, 15) is 0 Å². The van der Waals surface area contributed by atoms with Crippen LogP contribution in [0.5, 0.6) is 0 Å². The van der Waals surface area contributed by atoms with Crippen molar-refractivity contribution in [2.75, 3.05) is 25.0 Å². The highest BCUT2D eigenvalue weighted by Crippen LogP contribution is 2.20. The Morgan fingerprint density at radius 1 is 1.31 bits per heavy atom. The first-order valence-corrected chi connectivity index (χ1v) is 6.77. The molecule has 1 rings (SSSR count). The lowest BCUT2D eigenvalue weighted by molar-refractivity contribution is 0.282. The second-order valence-electron chi connectivity index (χ2n) is 4.09. The van der Waals surface area contributed by atoms with Crippen LogP contribution in [0.3, 0.4) is 0 Å². The number of likely N-dealkylation sites (tertiary alicyclic amines) is 1. The largest absolute Gasteiger partial charge is 0.303 e. The van der Waals surface area contributed by atoms with Gasteiger partial charge in [0.25, 0.3) is 0 Å². The van der Waals surface area contributed by atoms with Crippen LogP contribution in [0.15, 0.2) is 0 Å². The summed E-state index contributed by atoms with van der Waals surface area (Å²) < 4.78 is 0. The highest BCUT2D eigenvalue weighted by Gasteiger charge is 2.14. The summed E-state index contributed by atoms with van der Waals surface area (Å²) in [6.07, 6.45) is 6.99. The Labute approximate surface area is 91.0 Å². The minimum absolute atomic E-state index is 1.01. The lowest BCUT2D eigenvalue weighted by Crippen LogP contribution is -2.26. The molecule has 0 bridgehead atoms. The molecule has 0 aromatic heterocycles. The molecule has 1 nitrogen and oxygen atoms in total. The van der Waals surface area contributed by atoms with Gasteiger partial charge in [-0.05, 0) is 51.2 Å². The van der Waals surface area contributed by atoms with Crippen molar-refractivity contribution in [3.8, 4) is 0 Å². The minimum Gasteiger partial charge on any atom is -0.303 e. The third-order valence-corrected chi connectivity index (χ3v) is 3.69. The van der Waals surface area contributed by atoms with Gasteiger partial charge in [-0.15, -0.1) is 0 Å². The van der Waals surface area contributed by atoms with Gasteiger partial charge in [-0.1, -0.05) is 29.3 Å². The summed E-state index contributed by atoms with van der Waals surface area (Å²) in [5, 5.41) is 1.15. The maximum Gasteiger partial charge on any atom is 0.00434 e. The molecule has 0 amide bonds. The molecule has 1 unspecified atom stereocenters. The van der Waals surface area contributed by atoms with E-state index in [2.05, 4.69) is 27.8 Å². The average Bonchev–Trinajstić information content (AvgIpc) is 2.39. The highest BCUT2D eigenvalue weighted by atomic mass is 79.9. The molecule has 1 aliphatic heterocycles. The van der Waals surface area contributed by atoms with Crippen LogP contribution in [0.1, 0.15) is 39.0 Å². The summed E-state index contributed by atoms with van der Waals surface area (Å²) in [4.78, 5) is 2.64. The normalized spacial score (nSPS) is 25.8. The third kappa shape index (κ3) is 4.46. The Hall–Kier alpha value is 0.440. The van der Waals surface area contributed by atoms with Gasteiger partial charge in [0, 0.05) is 5.33 Å². The smallest absolute Gasteiger partial charge is 0.00434 e. The van der Waals surface area contributed by atoms with Crippen molar-refractivity contribution in [1.29, 1.82) is 0 Å². The molecule has 0 spiro atoms. The molecule has 1 atom stereocenters. The fourth-order valence-electron chi connectivity index (χ4n) is 2.14. The van der Waals surface area contributed by atoms with Gasteiger partial charge in [-0.25, -0.2) is 0 Å². The lowest BCUT2D eigenvalue weighted by Gasteiger charge is -2.19. The van der Waals surface area contributed by atoms with Crippen molar-refractivity contribution in [2.24, 2.45) is 5.92 Å². The molecule has 0 radical (unpaired) electrons. The molecule has 0 aromatic rings. The van der Waals surface area contributed by atoms with Gasteiger partial charge in [0.1, 0.15) is 0 Å². The molecule has 1 fully saturated rings. The maximum absolute atomic E-state index is 3.49. The zero-order valence-corrected chi connectivity index (χ0v) is 10.4. The molecule has 1 saturated heterocycles. The van der Waals surface area contributed by atoms with Crippen molar-refractivity contribution < 1.29 is 0 Å². The first-order valence-electron chi connectivity index (χ1n) is 5.65. The van der Waals surface area contributed by atoms with Crippen molar-refractivity contribution in [1.82, 2.24) is 4.90 Å². The van der Waals surface area contributed by atoms with E-state index >= 15 is 0 Å². The van der Waals surface area contributed by atoms with Crippen molar-refractivity contribution >= 4 is 15.9 Å². The summed E-state index contributed by atoms with van der Waals surface area (Å²) in [7, 11) is 0. The van der Waals surface area contributed by atoms with E-state index in [1.165, 1.54) is 51.7 Å². The van der Waals surface area contributed by atoms with E-state index < -0.39 is 0 Å². The number of nitrogens with zero attached hydrogens (tertiary/aromatic N) is 1. The Morgan fingerprint density at radius 3 is 2.85 bits per heavy atom. The summed E-state index contributed by atoms with van der Waals surface area (Å²) >= 11 is 3.49. The molecule has 0 N–H and O–H groups in total. The van der Waals surface area contributed by atoms with E-state index in [1.807, 2.05) is 0 Å². The first-order chi connectivity index (χ1) is 6.36. The van der Waals surface area contributed by atoms with Crippen LogP contribution in [0, 0.1) is 5.92 Å². The first kappa shape index (κ1) is 11.5. The van der Waals surface area contributed by atoms with E-state index in [0.717, 1.165) is 11.2 Å². The van der Waals surface area contributed by atoms with Crippen LogP contribution >= 0.6 is 15.9 Å². The van der Waals surface area contributed by atoms with E-state index in [-0.39, 0.29) is 0 Å². The second-order valence-corrected chi connectivity index (χ2v) is 4.88. The SMILES string of the molecule is CCC1CCCN(CCCBr)CC1. The van der Waals surface area contributed by atoms with Crippen LogP contribution in [0.25, 0.3) is 0 Å². The van der Waals surface area contributed by atoms with Crippen LogP contribution in [0.2, 0.25) is 0 Å². The van der Waals surface area contributed by atoms with Gasteiger partial charge >= 0.3 is 0 Å². The summed E-state index contributed by atoms with van der Waals surface area (Å²) in [6.45, 7) is 6.30. The average molecular weight is 248 g/mol. The molecule has 78 valence electrons. The predicted molar refractivity (Wildman–Crippen MR) is 62.5 cm³/mol. The van der Waals surface area contributed by atoms with E-state index in [0.29, 0.717) is 0 Å². The zero-order valence-electron chi connectivity index (χ0n) is 8.77. The number of hydrogen-bond acceptors (Lipinski definition) is 1. The molecule has 0 saturated carbocycles. The quantitative estimate of drug-likeness (QED) is 0.690. The Bertz CT molecular complexity index is 127. The molecular formula is C11H22BrN. The van der Waals surface area contributed by atoms with Crippen molar-refractivity contribution in [3.63, 3.8) is 0 Å². The number of alkyl halides is 1. The lowest BCUT2D eigenvalue weighted by atomic mass is 9.98. The molecule has 0 aromatic carbocycles. The minimum atomic E-state index is 1.01. The summed E-state index contributed by atoms with van der Waals surface area (Å²) in [5.74, 6) is 1.01. The number of halogens is 1. The van der Waals surface area contributed by atoms with Gasteiger partial charge in [0.2, 0.25) is 0 Å². The van der Waals surface area contributed by atoms with Crippen LogP contribution in [0.4, 0.5) is 0 Å². The maximum atomic E-state index is 3.49. The standard InChI is InChI=1S/C11H22BrN/c1-2-11-5-3-8-13(10-6-11)9-4-7-12/h11H,2-10H2,1H3. The van der Waals surface area contributed by atoms with Gasteiger partial charge in [0.15, 0.2) is 0 Å². The second kappa shape index (κ2) is 6.83. The number of hydrogen-bond donors (Lipinski definition) is 0. The third-order valence-electron chi connectivity index (χ3n) is 3.13. The zero-order chi connectivity index (χ0) is 9.52. The van der Waals surface area contributed by atoms with Crippen LogP contribution in [-0.2, 0) is 0 Å². The Kier molecular flexibility index (Phi) is 6.05. The molecule has 1 heterocycles. The van der Waals surface area contributed by atoms with Crippen LogP contribution in [-0.4, -0.2) is 29.9 Å². The topological polar surface area (TPSA) is 3.24 Å². The Balaban J connectivity index is 2.19. The molecule has 2 heteroatoms. The molecule has 0 aliphatic carbocycles. The van der Waals surface area contributed by atoms with Crippen LogP contribution < -0.4 is 0 Å². The fourth-order valence-corrected chi connectivity index (χ4v) is 2.39. The Morgan fingerprint density at radius 2 is 2.15 bits per heavy atom. The number of rotatable bonds is 4. The van der Waals surface area contributed by atoms with E-state index in [4.69, 9.17) is 0 Å². The van der Waals surface area contributed by atoms with Crippen molar-refractivity contribution in [3.05, 3.63) is 0 Å². The monoisotopic (exact) mass is 247 g/mol. The van der Waals surface area contributed by atoms with Crippen molar-refractivity contribution in [2.45, 2.75) is 39.0 Å². The molecule has 1 aliphatic rings. The van der Waals surface area contributed by atoms with E-state index in [1.54, 1.807) is 0 Å². The molecular weight excluding hydrogens is 226 g/mol. The predicted octanol–water partition coefficient (Wildman–Crippen LogP) is 3.28. The van der Waals surface area contributed by atoms with Gasteiger partial charge in [0.05, 0.1) is 0 Å².